The minimum atomic E-state index is -4.74. The summed E-state index contributed by atoms with van der Waals surface area (Å²) in [5.41, 5.74) is 0. The van der Waals surface area contributed by atoms with Crippen LogP contribution in [0.25, 0.3) is 0 Å². The van der Waals surface area contributed by atoms with E-state index in [0.717, 1.165) is 0 Å². The molecular formula is C4H6F2LiNO3S. The van der Waals surface area contributed by atoms with Gasteiger partial charge in [-0.2, -0.15) is 0 Å². The molecule has 0 saturated heterocycles. The Balaban J connectivity index is 0.00000121. The normalized spacial score (nSPS) is 27.1. The Labute approximate surface area is 80.8 Å². The van der Waals surface area contributed by atoms with E-state index in [1.165, 1.54) is 4.72 Å². The molecular weight excluding hydrogens is 187 g/mol. The molecule has 1 unspecified atom stereocenters. The van der Waals surface area contributed by atoms with Crippen molar-refractivity contribution in [2.24, 2.45) is 0 Å². The first-order chi connectivity index (χ1) is 4.81. The molecule has 0 bridgehead atoms. The maximum Gasteiger partial charge on any atom is 1.00 e. The molecule has 1 N–H and O–H groups in total. The van der Waals surface area contributed by atoms with Crippen molar-refractivity contribution in [2.45, 2.75) is 24.8 Å². The summed E-state index contributed by atoms with van der Waals surface area (Å²) in [6, 6.07) is -1.50. The quantitative estimate of drug-likeness (QED) is 0.371. The van der Waals surface area contributed by atoms with Crippen LogP contribution in [-0.2, 0) is 10.3 Å². The maximum atomic E-state index is 12.3. The van der Waals surface area contributed by atoms with Crippen LogP contribution in [0.4, 0.5) is 8.78 Å². The van der Waals surface area contributed by atoms with E-state index in [2.05, 4.69) is 0 Å². The number of hydrogen-bond donors (Lipinski definition) is 1. The van der Waals surface area contributed by atoms with Crippen molar-refractivity contribution in [2.75, 3.05) is 0 Å². The van der Waals surface area contributed by atoms with Gasteiger partial charge in [0.2, 0.25) is 0 Å². The fraction of sp³-hybridized carbons (Fsp3) is 1.00. The van der Waals surface area contributed by atoms with Crippen molar-refractivity contribution in [3.8, 4) is 0 Å². The van der Waals surface area contributed by atoms with Gasteiger partial charge in [0, 0.05) is 6.42 Å². The van der Waals surface area contributed by atoms with Gasteiger partial charge in [-0.3, -0.25) is 0 Å². The first kappa shape index (κ1) is 12.3. The Morgan fingerprint density at radius 1 is 1.50 bits per heavy atom. The van der Waals surface area contributed by atoms with Crippen molar-refractivity contribution >= 4 is 10.3 Å². The van der Waals surface area contributed by atoms with E-state index >= 15 is 0 Å². The van der Waals surface area contributed by atoms with Gasteiger partial charge in [-0.25, -0.2) is 21.9 Å². The van der Waals surface area contributed by atoms with Crippen molar-refractivity contribution in [1.82, 2.24) is 4.72 Å². The molecule has 0 amide bonds. The average Bonchev–Trinajstić information content (AvgIpc) is 1.79. The summed E-state index contributed by atoms with van der Waals surface area (Å²) >= 11 is 0. The zero-order chi connectivity index (χ0) is 8.70. The first-order valence-corrected chi connectivity index (χ1v) is 4.33. The summed E-state index contributed by atoms with van der Waals surface area (Å²) in [4.78, 5) is 0. The SMILES string of the molecule is O=S(=O)([O-])NC1CCC1(F)F.[Li+]. The molecule has 1 rings (SSSR count). The monoisotopic (exact) mass is 193 g/mol. The van der Waals surface area contributed by atoms with Gasteiger partial charge < -0.3 is 4.55 Å². The third kappa shape index (κ3) is 2.99. The molecule has 4 nitrogen and oxygen atoms in total. The van der Waals surface area contributed by atoms with Crippen LogP contribution < -0.4 is 23.6 Å². The molecule has 1 atom stereocenters. The average molecular weight is 193 g/mol. The molecule has 0 aromatic carbocycles. The molecule has 66 valence electrons. The Bertz CT molecular complexity index is 255. The second kappa shape index (κ2) is 3.60. The minimum Gasteiger partial charge on any atom is -0.735 e. The summed E-state index contributed by atoms with van der Waals surface area (Å²) in [7, 11) is -4.74. The largest absolute Gasteiger partial charge is 1.00 e. The fourth-order valence-electron chi connectivity index (χ4n) is 0.826. The topological polar surface area (TPSA) is 69.2 Å². The van der Waals surface area contributed by atoms with Gasteiger partial charge in [-0.15, -0.1) is 0 Å². The molecule has 1 aliphatic rings. The van der Waals surface area contributed by atoms with Gasteiger partial charge in [0.05, 0.1) is 6.04 Å². The van der Waals surface area contributed by atoms with Gasteiger partial charge in [-0.1, -0.05) is 0 Å². The molecule has 8 heteroatoms. The second-order valence-electron chi connectivity index (χ2n) is 2.42. The van der Waals surface area contributed by atoms with Gasteiger partial charge in [0.25, 0.3) is 5.92 Å². The maximum absolute atomic E-state index is 12.3. The van der Waals surface area contributed by atoms with E-state index in [4.69, 9.17) is 0 Å². The van der Waals surface area contributed by atoms with Crippen LogP contribution in [0.3, 0.4) is 0 Å². The van der Waals surface area contributed by atoms with E-state index < -0.39 is 22.3 Å². The molecule has 1 aliphatic carbocycles. The zero-order valence-corrected chi connectivity index (χ0v) is 7.20. The number of nitrogens with one attached hydrogen (secondary N) is 1. The predicted octanol–water partition coefficient (Wildman–Crippen LogP) is -3.16. The molecule has 0 aromatic heterocycles. The summed E-state index contributed by atoms with van der Waals surface area (Å²) in [5.74, 6) is -3.04. The van der Waals surface area contributed by atoms with Gasteiger partial charge in [0.15, 0.2) is 10.3 Å². The Kier molecular flexibility index (Phi) is 3.69. The first-order valence-electron chi connectivity index (χ1n) is 2.92. The summed E-state index contributed by atoms with van der Waals surface area (Å²) < 4.78 is 55.6. The summed E-state index contributed by atoms with van der Waals surface area (Å²) in [6.07, 6.45) is -0.339. The number of rotatable bonds is 2. The molecule has 1 fully saturated rings. The van der Waals surface area contributed by atoms with Crippen LogP contribution in [0.5, 0.6) is 0 Å². The van der Waals surface area contributed by atoms with Crippen LogP contribution in [0.15, 0.2) is 0 Å². The standard InChI is InChI=1S/C4H7F2NO3S.Li/c5-4(6)2-1-3(4)7-11(8,9)10;/h3,7H,1-2H2,(H,8,9,10);/q;+1/p-1. The fourth-order valence-corrected chi connectivity index (χ4v) is 1.46. The van der Waals surface area contributed by atoms with Crippen LogP contribution >= 0.6 is 0 Å². The smallest absolute Gasteiger partial charge is 0.735 e. The van der Waals surface area contributed by atoms with Crippen molar-refractivity contribution < 1.29 is 40.6 Å². The second-order valence-corrected chi connectivity index (χ2v) is 3.57. The minimum absolute atomic E-state index is 0. The third-order valence-corrected chi connectivity index (χ3v) is 2.14. The van der Waals surface area contributed by atoms with Gasteiger partial charge >= 0.3 is 18.9 Å². The Morgan fingerprint density at radius 2 is 2.00 bits per heavy atom. The number of alkyl halides is 2. The molecule has 0 aliphatic heterocycles. The molecule has 12 heavy (non-hydrogen) atoms. The third-order valence-electron chi connectivity index (χ3n) is 1.56. The van der Waals surface area contributed by atoms with Crippen molar-refractivity contribution in [1.29, 1.82) is 0 Å². The summed E-state index contributed by atoms with van der Waals surface area (Å²) in [5, 5.41) is 0. The van der Waals surface area contributed by atoms with Crippen LogP contribution in [-0.4, -0.2) is 24.9 Å². The molecule has 0 aromatic rings. The van der Waals surface area contributed by atoms with E-state index in [-0.39, 0.29) is 31.7 Å². The van der Waals surface area contributed by atoms with Crippen LogP contribution in [0, 0.1) is 0 Å². The van der Waals surface area contributed by atoms with E-state index in [1.54, 1.807) is 0 Å². The number of hydrogen-bond acceptors (Lipinski definition) is 3. The van der Waals surface area contributed by atoms with Crippen molar-refractivity contribution in [3.63, 3.8) is 0 Å². The Morgan fingerprint density at radius 3 is 2.08 bits per heavy atom. The van der Waals surface area contributed by atoms with Crippen LogP contribution in [0.1, 0.15) is 12.8 Å². The van der Waals surface area contributed by atoms with Gasteiger partial charge in [-0.05, 0) is 6.42 Å². The van der Waals surface area contributed by atoms with E-state index in [0.29, 0.717) is 0 Å². The van der Waals surface area contributed by atoms with E-state index in [1.807, 2.05) is 0 Å². The predicted molar refractivity (Wildman–Crippen MR) is 30.8 cm³/mol. The molecule has 1 saturated carbocycles. The molecule has 0 spiro atoms. The van der Waals surface area contributed by atoms with Gasteiger partial charge in [0.1, 0.15) is 0 Å². The zero-order valence-electron chi connectivity index (χ0n) is 6.38. The number of halogens is 2. The molecule has 0 heterocycles. The van der Waals surface area contributed by atoms with Crippen molar-refractivity contribution in [3.05, 3.63) is 0 Å². The van der Waals surface area contributed by atoms with E-state index in [9.17, 15) is 21.8 Å². The summed E-state index contributed by atoms with van der Waals surface area (Å²) in [6.45, 7) is 0. The van der Waals surface area contributed by atoms with Crippen LogP contribution in [0.2, 0.25) is 0 Å². The Hall–Kier alpha value is 0.327. The molecule has 0 radical (unpaired) electrons.